The number of H-pyrrole nitrogens is 1. The van der Waals surface area contributed by atoms with Gasteiger partial charge < -0.3 is 20.2 Å². The van der Waals surface area contributed by atoms with Crippen molar-refractivity contribution in [2.24, 2.45) is 0 Å². The van der Waals surface area contributed by atoms with Crippen LogP contribution in [0.5, 0.6) is 0 Å². The molecule has 0 fully saturated rings. The van der Waals surface area contributed by atoms with Crippen LogP contribution in [0, 0.1) is 0 Å². The summed E-state index contributed by atoms with van der Waals surface area (Å²) < 4.78 is 0. The second-order valence-electron chi connectivity index (χ2n) is 4.96. The minimum atomic E-state index is -1.44. The van der Waals surface area contributed by atoms with E-state index in [2.05, 4.69) is 10.3 Å². The van der Waals surface area contributed by atoms with E-state index in [4.69, 9.17) is 0 Å². The van der Waals surface area contributed by atoms with Gasteiger partial charge in [0.25, 0.3) is 5.91 Å². The fraction of sp³-hybridized carbons (Fsp3) is 0. The molecule has 3 rings (SSSR count). The molecule has 3 aromatic rings. The molecule has 0 radical (unpaired) electrons. The Balaban J connectivity index is 1.93. The Bertz CT molecular complexity index is 895. The van der Waals surface area contributed by atoms with E-state index in [1.165, 1.54) is 6.08 Å². The monoisotopic (exact) mass is 305 g/mol. The van der Waals surface area contributed by atoms with Gasteiger partial charge in [-0.1, -0.05) is 36.4 Å². The highest BCUT2D eigenvalue weighted by molar-refractivity contribution is 6.03. The molecule has 0 atom stereocenters. The van der Waals surface area contributed by atoms with Crippen molar-refractivity contribution in [1.29, 1.82) is 0 Å². The molecule has 5 heteroatoms. The number of benzene rings is 2. The van der Waals surface area contributed by atoms with Gasteiger partial charge in [-0.15, -0.1) is 0 Å². The number of carbonyl (C=O) groups excluding carboxylic acids is 2. The summed E-state index contributed by atoms with van der Waals surface area (Å²) in [5.41, 5.74) is 1.63. The molecule has 0 saturated carbocycles. The standard InChI is InChI=1S/C18H14N2O3/c21-17(12-6-2-1-3-7-12)20-16(18(22)23)10-13-11-19-15-9-5-4-8-14(13)15/h1-11,19H,(H,20,21)(H,22,23)/p-1/b16-10-. The molecule has 1 heterocycles. The Morgan fingerprint density at radius 3 is 2.43 bits per heavy atom. The summed E-state index contributed by atoms with van der Waals surface area (Å²) in [6, 6.07) is 15.9. The van der Waals surface area contributed by atoms with Crippen molar-refractivity contribution in [1.82, 2.24) is 10.3 Å². The van der Waals surface area contributed by atoms with Crippen LogP contribution in [-0.4, -0.2) is 16.9 Å². The Morgan fingerprint density at radius 2 is 1.70 bits per heavy atom. The quantitative estimate of drug-likeness (QED) is 0.719. The van der Waals surface area contributed by atoms with Gasteiger partial charge in [-0.05, 0) is 24.3 Å². The largest absolute Gasteiger partial charge is 0.543 e. The first-order chi connectivity index (χ1) is 11.1. The molecule has 0 unspecified atom stereocenters. The van der Waals surface area contributed by atoms with Gasteiger partial charge in [0.2, 0.25) is 0 Å². The number of fused-ring (bicyclic) bond motifs is 1. The average Bonchev–Trinajstić information content (AvgIpc) is 2.98. The molecule has 23 heavy (non-hydrogen) atoms. The maximum Gasteiger partial charge on any atom is 0.255 e. The van der Waals surface area contributed by atoms with Crippen molar-refractivity contribution < 1.29 is 14.7 Å². The summed E-state index contributed by atoms with van der Waals surface area (Å²) in [6.45, 7) is 0. The third-order valence-corrected chi connectivity index (χ3v) is 3.43. The number of hydrogen-bond donors (Lipinski definition) is 2. The summed E-state index contributed by atoms with van der Waals surface area (Å²) in [5, 5.41) is 14.6. The van der Waals surface area contributed by atoms with Crippen LogP contribution in [0.25, 0.3) is 17.0 Å². The van der Waals surface area contributed by atoms with E-state index in [1.54, 1.807) is 36.5 Å². The van der Waals surface area contributed by atoms with Gasteiger partial charge >= 0.3 is 0 Å². The summed E-state index contributed by atoms with van der Waals surface area (Å²) in [5.74, 6) is -1.94. The molecule has 5 nitrogen and oxygen atoms in total. The zero-order valence-corrected chi connectivity index (χ0v) is 12.1. The SMILES string of the molecule is O=C([O-])/C(=C/c1c[nH]c2ccccc12)NC(=O)c1ccccc1. The first-order valence-corrected chi connectivity index (χ1v) is 7.01. The number of carboxylic acids is 1. The minimum Gasteiger partial charge on any atom is -0.543 e. The van der Waals surface area contributed by atoms with Crippen molar-refractivity contribution in [2.75, 3.05) is 0 Å². The molecule has 0 spiro atoms. The Hall–Kier alpha value is -3.34. The van der Waals surface area contributed by atoms with E-state index < -0.39 is 11.9 Å². The molecule has 114 valence electrons. The van der Waals surface area contributed by atoms with Gasteiger partial charge in [0.1, 0.15) is 0 Å². The van der Waals surface area contributed by atoms with Crippen LogP contribution in [0.1, 0.15) is 15.9 Å². The molecule has 0 bridgehead atoms. The van der Waals surface area contributed by atoms with Gasteiger partial charge in [0, 0.05) is 28.2 Å². The van der Waals surface area contributed by atoms with Gasteiger partial charge in [-0.25, -0.2) is 0 Å². The highest BCUT2D eigenvalue weighted by Gasteiger charge is 2.09. The van der Waals surface area contributed by atoms with Crippen LogP contribution in [0.2, 0.25) is 0 Å². The smallest absolute Gasteiger partial charge is 0.255 e. The van der Waals surface area contributed by atoms with Crippen LogP contribution >= 0.6 is 0 Å². The van der Waals surface area contributed by atoms with E-state index in [-0.39, 0.29) is 5.70 Å². The number of carbonyl (C=O) groups is 2. The topological polar surface area (TPSA) is 85.0 Å². The molecule has 0 saturated heterocycles. The fourth-order valence-corrected chi connectivity index (χ4v) is 2.30. The molecule has 1 aromatic heterocycles. The highest BCUT2D eigenvalue weighted by Crippen LogP contribution is 2.19. The van der Waals surface area contributed by atoms with Crippen molar-refractivity contribution in [3.63, 3.8) is 0 Å². The van der Waals surface area contributed by atoms with E-state index >= 15 is 0 Å². The number of para-hydroxylation sites is 1. The molecule has 0 aliphatic heterocycles. The Labute approximate surface area is 132 Å². The molecule has 0 aliphatic carbocycles. The number of aromatic nitrogens is 1. The average molecular weight is 305 g/mol. The number of hydrogen-bond acceptors (Lipinski definition) is 3. The van der Waals surface area contributed by atoms with Crippen LogP contribution < -0.4 is 10.4 Å². The molecule has 1 amide bonds. The Kier molecular flexibility index (Phi) is 3.93. The summed E-state index contributed by atoms with van der Waals surface area (Å²) in [4.78, 5) is 26.5. The van der Waals surface area contributed by atoms with Crippen LogP contribution in [-0.2, 0) is 4.79 Å². The van der Waals surface area contributed by atoms with Crippen LogP contribution in [0.15, 0.2) is 66.5 Å². The zero-order valence-electron chi connectivity index (χ0n) is 12.1. The van der Waals surface area contributed by atoms with Gasteiger partial charge in [0.05, 0.1) is 11.7 Å². The van der Waals surface area contributed by atoms with Gasteiger partial charge in [-0.2, -0.15) is 0 Å². The second kappa shape index (κ2) is 6.19. The fourth-order valence-electron chi connectivity index (χ4n) is 2.30. The second-order valence-corrected chi connectivity index (χ2v) is 4.96. The summed E-state index contributed by atoms with van der Waals surface area (Å²) in [7, 11) is 0. The number of rotatable bonds is 4. The molecule has 0 aliphatic rings. The predicted molar refractivity (Wildman–Crippen MR) is 85.2 cm³/mol. The predicted octanol–water partition coefficient (Wildman–Crippen LogP) is 1.69. The lowest BCUT2D eigenvalue weighted by atomic mass is 10.1. The van der Waals surface area contributed by atoms with Crippen molar-refractivity contribution >= 4 is 28.9 Å². The lowest BCUT2D eigenvalue weighted by molar-refractivity contribution is -0.299. The molecular weight excluding hydrogens is 292 g/mol. The van der Waals surface area contributed by atoms with E-state index in [0.717, 1.165) is 10.9 Å². The first kappa shape index (κ1) is 14.6. The number of aromatic amines is 1. The number of amides is 1. The maximum absolute atomic E-state index is 12.1. The lowest BCUT2D eigenvalue weighted by Gasteiger charge is -2.10. The third kappa shape index (κ3) is 3.13. The minimum absolute atomic E-state index is 0.288. The maximum atomic E-state index is 12.1. The van der Waals surface area contributed by atoms with E-state index in [0.29, 0.717) is 11.1 Å². The lowest BCUT2D eigenvalue weighted by Crippen LogP contribution is -2.35. The van der Waals surface area contributed by atoms with Gasteiger partial charge in [0.15, 0.2) is 0 Å². The zero-order chi connectivity index (χ0) is 16.2. The number of nitrogens with one attached hydrogen (secondary N) is 2. The number of aliphatic carboxylic acids is 1. The van der Waals surface area contributed by atoms with Gasteiger partial charge in [-0.3, -0.25) is 4.79 Å². The van der Waals surface area contributed by atoms with E-state index in [9.17, 15) is 14.7 Å². The number of carboxylic acid groups (broad SMARTS) is 1. The van der Waals surface area contributed by atoms with Crippen molar-refractivity contribution in [3.8, 4) is 0 Å². The summed E-state index contributed by atoms with van der Waals surface area (Å²) in [6.07, 6.45) is 3.07. The highest BCUT2D eigenvalue weighted by atomic mass is 16.4. The third-order valence-electron chi connectivity index (χ3n) is 3.43. The van der Waals surface area contributed by atoms with Crippen molar-refractivity contribution in [2.45, 2.75) is 0 Å². The van der Waals surface area contributed by atoms with Crippen molar-refractivity contribution in [3.05, 3.63) is 77.6 Å². The molecular formula is C18H13N2O3-. The first-order valence-electron chi connectivity index (χ1n) is 7.01. The summed E-state index contributed by atoms with van der Waals surface area (Å²) >= 11 is 0. The molecule has 2 aromatic carbocycles. The normalized spacial score (nSPS) is 11.4. The molecule has 2 N–H and O–H groups in total. The Morgan fingerprint density at radius 1 is 1.00 bits per heavy atom. The van der Waals surface area contributed by atoms with E-state index in [1.807, 2.05) is 24.3 Å². The van der Waals surface area contributed by atoms with Crippen LogP contribution in [0.3, 0.4) is 0 Å². The van der Waals surface area contributed by atoms with Crippen LogP contribution in [0.4, 0.5) is 0 Å².